The maximum atomic E-state index is 11.9. The Kier molecular flexibility index (Phi) is 3.19. The monoisotopic (exact) mass is 261 g/mol. The number of carboxylic acid groups (broad SMARTS) is 1. The molecule has 1 amide bonds. The molecule has 0 aliphatic carbocycles. The van der Waals surface area contributed by atoms with Crippen LogP contribution in [0.4, 0.5) is 11.4 Å². The highest BCUT2D eigenvalue weighted by molar-refractivity contribution is 6.05. The first-order valence-electron chi connectivity index (χ1n) is 5.33. The van der Waals surface area contributed by atoms with Crippen molar-refractivity contribution in [3.8, 4) is 0 Å². The summed E-state index contributed by atoms with van der Waals surface area (Å²) in [5.41, 5.74) is 6.65. The highest BCUT2D eigenvalue weighted by Gasteiger charge is 2.15. The molecule has 7 heteroatoms. The summed E-state index contributed by atoms with van der Waals surface area (Å²) in [4.78, 5) is 26.4. The van der Waals surface area contributed by atoms with Crippen molar-refractivity contribution in [2.75, 3.05) is 11.1 Å². The largest absolute Gasteiger partial charge is 0.478 e. The minimum atomic E-state index is -1.09. The number of nitrogens with one attached hydrogen (secondary N) is 1. The van der Waals surface area contributed by atoms with Gasteiger partial charge >= 0.3 is 5.97 Å². The number of rotatable bonds is 3. The second kappa shape index (κ2) is 4.81. The standard InChI is InChI=1S/C12H11N3O4/c1-6-10(19-5-14-6)11(16)15-9-3-2-7(12(17)18)4-8(9)13/h2-5H,13H2,1H3,(H,15,16)(H,17,18). The van der Waals surface area contributed by atoms with Gasteiger partial charge in [-0.3, -0.25) is 4.79 Å². The molecule has 7 nitrogen and oxygen atoms in total. The minimum absolute atomic E-state index is 0.0475. The summed E-state index contributed by atoms with van der Waals surface area (Å²) < 4.78 is 4.94. The highest BCUT2D eigenvalue weighted by Crippen LogP contribution is 2.21. The van der Waals surface area contributed by atoms with Crippen LogP contribution in [0.2, 0.25) is 0 Å². The molecule has 0 atom stereocenters. The summed E-state index contributed by atoms with van der Waals surface area (Å²) in [5.74, 6) is -1.50. The smallest absolute Gasteiger partial charge is 0.335 e. The zero-order valence-electron chi connectivity index (χ0n) is 10.0. The Labute approximate surface area is 108 Å². The summed E-state index contributed by atoms with van der Waals surface area (Å²) in [6.07, 6.45) is 1.17. The number of amides is 1. The van der Waals surface area contributed by atoms with Crippen molar-refractivity contribution in [3.05, 3.63) is 41.6 Å². The molecule has 1 aromatic carbocycles. The van der Waals surface area contributed by atoms with Gasteiger partial charge in [0.2, 0.25) is 5.76 Å². The van der Waals surface area contributed by atoms with Crippen molar-refractivity contribution in [2.24, 2.45) is 0 Å². The number of carbonyl (C=O) groups excluding carboxylic acids is 1. The fourth-order valence-electron chi connectivity index (χ4n) is 1.51. The van der Waals surface area contributed by atoms with Crippen molar-refractivity contribution in [1.82, 2.24) is 4.98 Å². The average molecular weight is 261 g/mol. The van der Waals surface area contributed by atoms with Crippen molar-refractivity contribution in [3.63, 3.8) is 0 Å². The fourth-order valence-corrected chi connectivity index (χ4v) is 1.51. The highest BCUT2D eigenvalue weighted by atomic mass is 16.4. The first-order chi connectivity index (χ1) is 8.99. The van der Waals surface area contributed by atoms with Gasteiger partial charge in [0, 0.05) is 0 Å². The molecule has 1 heterocycles. The third-order valence-electron chi connectivity index (χ3n) is 2.50. The molecule has 0 aliphatic heterocycles. The SMILES string of the molecule is Cc1ncoc1C(=O)Nc1ccc(C(=O)O)cc1N. The maximum Gasteiger partial charge on any atom is 0.335 e. The first kappa shape index (κ1) is 12.6. The van der Waals surface area contributed by atoms with E-state index < -0.39 is 11.9 Å². The number of benzene rings is 1. The normalized spacial score (nSPS) is 10.2. The molecule has 1 aromatic heterocycles. The third-order valence-corrected chi connectivity index (χ3v) is 2.50. The Bertz CT molecular complexity index is 648. The molecular weight excluding hydrogens is 250 g/mol. The van der Waals surface area contributed by atoms with Crippen LogP contribution in [0.15, 0.2) is 29.0 Å². The van der Waals surface area contributed by atoms with Crippen LogP contribution in [0, 0.1) is 6.92 Å². The number of nitrogens with two attached hydrogens (primary N) is 1. The van der Waals surface area contributed by atoms with E-state index in [9.17, 15) is 9.59 Å². The van der Waals surface area contributed by atoms with E-state index in [0.29, 0.717) is 11.4 Å². The molecule has 0 saturated heterocycles. The van der Waals surface area contributed by atoms with Gasteiger partial charge < -0.3 is 20.6 Å². The molecule has 98 valence electrons. The van der Waals surface area contributed by atoms with Crippen molar-refractivity contribution >= 4 is 23.3 Å². The summed E-state index contributed by atoms with van der Waals surface area (Å²) >= 11 is 0. The Balaban J connectivity index is 2.23. The molecule has 0 aliphatic rings. The quantitative estimate of drug-likeness (QED) is 0.721. The number of carbonyl (C=O) groups is 2. The third kappa shape index (κ3) is 2.54. The summed E-state index contributed by atoms with van der Waals surface area (Å²) in [7, 11) is 0. The number of aromatic nitrogens is 1. The van der Waals surface area contributed by atoms with E-state index in [1.807, 2.05) is 0 Å². The van der Waals surface area contributed by atoms with Crippen molar-refractivity contribution in [2.45, 2.75) is 6.92 Å². The second-order valence-electron chi connectivity index (χ2n) is 3.83. The summed E-state index contributed by atoms with van der Waals surface area (Å²) in [6, 6.07) is 4.04. The van der Waals surface area contributed by atoms with Crippen LogP contribution in [0.3, 0.4) is 0 Å². The molecule has 4 N–H and O–H groups in total. The summed E-state index contributed by atoms with van der Waals surface area (Å²) in [6.45, 7) is 1.63. The molecule has 19 heavy (non-hydrogen) atoms. The van der Waals surface area contributed by atoms with Gasteiger partial charge in [-0.2, -0.15) is 0 Å². The van der Waals surface area contributed by atoms with Crippen molar-refractivity contribution < 1.29 is 19.1 Å². The van der Waals surface area contributed by atoms with Gasteiger partial charge in [0.15, 0.2) is 6.39 Å². The predicted molar refractivity (Wildman–Crippen MR) is 67.0 cm³/mol. The van der Waals surface area contributed by atoms with Crippen molar-refractivity contribution in [1.29, 1.82) is 0 Å². The van der Waals surface area contributed by atoms with E-state index in [-0.39, 0.29) is 17.0 Å². The molecular formula is C12H11N3O4. The fraction of sp³-hybridized carbons (Fsp3) is 0.0833. The minimum Gasteiger partial charge on any atom is -0.478 e. The molecule has 0 bridgehead atoms. The Hall–Kier alpha value is -2.83. The number of aryl methyl sites for hydroxylation is 1. The van der Waals surface area contributed by atoms with Gasteiger partial charge in [0.1, 0.15) is 0 Å². The van der Waals surface area contributed by atoms with Gasteiger partial charge in [0.25, 0.3) is 5.91 Å². The number of oxazole rings is 1. The Morgan fingerprint density at radius 2 is 2.16 bits per heavy atom. The molecule has 2 rings (SSSR count). The zero-order valence-corrected chi connectivity index (χ0v) is 10.0. The number of nitrogens with zero attached hydrogens (tertiary/aromatic N) is 1. The second-order valence-corrected chi connectivity index (χ2v) is 3.83. The van der Waals surface area contributed by atoms with Crippen LogP contribution in [0.5, 0.6) is 0 Å². The van der Waals surface area contributed by atoms with Gasteiger partial charge in [-0.1, -0.05) is 0 Å². The number of aromatic carboxylic acids is 1. The molecule has 0 spiro atoms. The van der Waals surface area contributed by atoms with Crippen LogP contribution in [-0.4, -0.2) is 22.0 Å². The van der Waals surface area contributed by atoms with Crippen LogP contribution < -0.4 is 11.1 Å². The molecule has 0 unspecified atom stereocenters. The first-order valence-corrected chi connectivity index (χ1v) is 5.33. The lowest BCUT2D eigenvalue weighted by Crippen LogP contribution is -2.14. The zero-order chi connectivity index (χ0) is 14.0. The van der Waals surface area contributed by atoms with Gasteiger partial charge in [0.05, 0.1) is 22.6 Å². The van der Waals surface area contributed by atoms with Crippen LogP contribution in [0.25, 0.3) is 0 Å². The Morgan fingerprint density at radius 1 is 1.42 bits per heavy atom. The molecule has 0 fully saturated rings. The topological polar surface area (TPSA) is 118 Å². The summed E-state index contributed by atoms with van der Waals surface area (Å²) in [5, 5.41) is 11.3. The molecule has 0 radical (unpaired) electrons. The number of hydrogen-bond acceptors (Lipinski definition) is 5. The van der Waals surface area contributed by atoms with Crippen LogP contribution in [-0.2, 0) is 0 Å². The molecule has 2 aromatic rings. The molecule has 0 saturated carbocycles. The van der Waals surface area contributed by atoms with E-state index in [1.54, 1.807) is 6.92 Å². The number of hydrogen-bond donors (Lipinski definition) is 3. The van der Waals surface area contributed by atoms with Crippen LogP contribution in [0.1, 0.15) is 26.6 Å². The van der Waals surface area contributed by atoms with E-state index in [4.69, 9.17) is 15.3 Å². The van der Waals surface area contributed by atoms with Gasteiger partial charge in [-0.15, -0.1) is 0 Å². The Morgan fingerprint density at radius 3 is 2.68 bits per heavy atom. The van der Waals surface area contributed by atoms with E-state index in [0.717, 1.165) is 0 Å². The van der Waals surface area contributed by atoms with Gasteiger partial charge in [-0.25, -0.2) is 9.78 Å². The van der Waals surface area contributed by atoms with E-state index in [1.165, 1.54) is 24.6 Å². The van der Waals surface area contributed by atoms with Gasteiger partial charge in [-0.05, 0) is 25.1 Å². The lowest BCUT2D eigenvalue weighted by Gasteiger charge is -2.07. The number of anilines is 2. The van der Waals surface area contributed by atoms with E-state index >= 15 is 0 Å². The number of nitrogen functional groups attached to an aromatic ring is 1. The lowest BCUT2D eigenvalue weighted by molar-refractivity contribution is 0.0697. The van der Waals surface area contributed by atoms with Crippen LogP contribution >= 0.6 is 0 Å². The number of carboxylic acids is 1. The van der Waals surface area contributed by atoms with E-state index in [2.05, 4.69) is 10.3 Å². The average Bonchev–Trinajstić information content (AvgIpc) is 2.77. The predicted octanol–water partition coefficient (Wildman–Crippen LogP) is 1.52. The lowest BCUT2D eigenvalue weighted by atomic mass is 10.1. The maximum absolute atomic E-state index is 11.9.